The molecule has 0 aliphatic carbocycles. The number of carbonyl (C=O) groups is 2. The molecule has 6 nitrogen and oxygen atoms in total. The maximum atomic E-state index is 13.3. The van der Waals surface area contributed by atoms with Crippen LogP contribution < -0.4 is 14.4 Å². The van der Waals surface area contributed by atoms with Crippen molar-refractivity contribution in [3.05, 3.63) is 80.5 Å². The molecular formula is C24H20ClNO5S. The summed E-state index contributed by atoms with van der Waals surface area (Å²) in [5.74, 6) is -1.04. The van der Waals surface area contributed by atoms with Crippen molar-refractivity contribution < 1.29 is 24.2 Å². The molecule has 0 radical (unpaired) electrons. The first-order valence-corrected chi connectivity index (χ1v) is 11.0. The van der Waals surface area contributed by atoms with Crippen molar-refractivity contribution in [3.63, 3.8) is 0 Å². The first kappa shape index (κ1) is 21.9. The molecule has 0 spiro atoms. The summed E-state index contributed by atoms with van der Waals surface area (Å²) < 4.78 is 10.7. The second-order valence-electron chi connectivity index (χ2n) is 7.13. The van der Waals surface area contributed by atoms with Gasteiger partial charge in [0.2, 0.25) is 0 Å². The minimum atomic E-state index is -0.817. The van der Waals surface area contributed by atoms with E-state index >= 15 is 0 Å². The highest BCUT2D eigenvalue weighted by molar-refractivity contribution is 7.10. The largest absolute Gasteiger partial charge is 0.507 e. The van der Waals surface area contributed by atoms with Crippen LogP contribution in [-0.4, -0.2) is 31.0 Å². The molecule has 0 bridgehead atoms. The molecule has 2 aromatic carbocycles. The summed E-state index contributed by atoms with van der Waals surface area (Å²) in [5, 5.41) is 13.7. The van der Waals surface area contributed by atoms with Crippen LogP contribution in [0.25, 0.3) is 5.76 Å². The van der Waals surface area contributed by atoms with Gasteiger partial charge in [-0.1, -0.05) is 23.7 Å². The quantitative estimate of drug-likeness (QED) is 0.309. The van der Waals surface area contributed by atoms with Crippen molar-refractivity contribution in [2.45, 2.75) is 13.0 Å². The summed E-state index contributed by atoms with van der Waals surface area (Å²) in [6.45, 7) is 1.79. The maximum Gasteiger partial charge on any atom is 0.300 e. The lowest BCUT2D eigenvalue weighted by Crippen LogP contribution is -2.29. The number of halogens is 1. The number of anilines is 1. The molecule has 1 amide bonds. The van der Waals surface area contributed by atoms with Crippen molar-refractivity contribution in [1.82, 2.24) is 0 Å². The number of ketones is 1. The predicted molar refractivity (Wildman–Crippen MR) is 125 cm³/mol. The molecule has 1 N–H and O–H groups in total. The van der Waals surface area contributed by atoms with Gasteiger partial charge in [-0.2, -0.15) is 0 Å². The third kappa shape index (κ3) is 3.53. The molecule has 1 atom stereocenters. The molecule has 1 unspecified atom stereocenters. The van der Waals surface area contributed by atoms with Crippen LogP contribution in [0.1, 0.15) is 22.0 Å². The summed E-state index contributed by atoms with van der Waals surface area (Å²) in [6, 6.07) is 12.9. The van der Waals surface area contributed by atoms with Gasteiger partial charge in [0.15, 0.2) is 0 Å². The molecule has 1 aliphatic rings. The average molecular weight is 470 g/mol. The third-order valence-corrected chi connectivity index (χ3v) is 6.75. The Kier molecular flexibility index (Phi) is 5.95. The average Bonchev–Trinajstić information content (AvgIpc) is 3.42. The van der Waals surface area contributed by atoms with Crippen molar-refractivity contribution in [2.24, 2.45) is 0 Å². The lowest BCUT2D eigenvalue weighted by atomic mass is 9.98. The molecule has 1 aliphatic heterocycles. The van der Waals surface area contributed by atoms with Gasteiger partial charge < -0.3 is 14.6 Å². The fraction of sp³-hybridized carbons (Fsp3) is 0.167. The number of carbonyl (C=O) groups excluding carboxylic acids is 2. The summed E-state index contributed by atoms with van der Waals surface area (Å²) in [4.78, 5) is 28.6. The van der Waals surface area contributed by atoms with Gasteiger partial charge in [0.05, 0.1) is 25.4 Å². The minimum absolute atomic E-state index is 0.0246. The molecule has 32 heavy (non-hydrogen) atoms. The maximum absolute atomic E-state index is 13.3. The second-order valence-corrected chi connectivity index (χ2v) is 8.52. The van der Waals surface area contributed by atoms with Crippen LogP contribution in [0.3, 0.4) is 0 Å². The van der Waals surface area contributed by atoms with Crippen LogP contribution in [0.5, 0.6) is 11.5 Å². The van der Waals surface area contributed by atoms with Crippen molar-refractivity contribution in [2.75, 3.05) is 19.1 Å². The normalized spacial score (nSPS) is 17.6. The Morgan fingerprint density at radius 2 is 1.88 bits per heavy atom. The van der Waals surface area contributed by atoms with Gasteiger partial charge >= 0.3 is 0 Å². The number of aliphatic hydroxyl groups is 1. The number of hydrogen-bond donors (Lipinski definition) is 1. The fourth-order valence-corrected chi connectivity index (χ4v) is 4.79. The Morgan fingerprint density at radius 3 is 2.53 bits per heavy atom. The SMILES string of the molecule is COc1ccc(OC)c(/C(O)=C2/C(=O)C(=O)N(c3cccc(Cl)c3C)C2c2cccs2)c1. The molecule has 1 fully saturated rings. The van der Waals surface area contributed by atoms with E-state index in [0.29, 0.717) is 27.8 Å². The molecular weight excluding hydrogens is 450 g/mol. The second kappa shape index (κ2) is 8.68. The molecule has 3 aromatic rings. The van der Waals surface area contributed by atoms with Crippen LogP contribution in [0.4, 0.5) is 5.69 Å². The Labute approximate surface area is 194 Å². The first-order chi connectivity index (χ1) is 15.4. The summed E-state index contributed by atoms with van der Waals surface area (Å²) >= 11 is 7.69. The number of amides is 1. The van der Waals surface area contributed by atoms with E-state index in [9.17, 15) is 14.7 Å². The lowest BCUT2D eigenvalue weighted by Gasteiger charge is -2.26. The molecule has 0 saturated carbocycles. The first-order valence-electron chi connectivity index (χ1n) is 9.71. The molecule has 1 aromatic heterocycles. The summed E-state index contributed by atoms with van der Waals surface area (Å²) in [5.41, 5.74) is 1.41. The van der Waals surface area contributed by atoms with Gasteiger partial charge in [0.25, 0.3) is 11.7 Å². The Balaban J connectivity index is 1.99. The van der Waals surface area contributed by atoms with E-state index in [1.54, 1.807) is 43.3 Å². The van der Waals surface area contributed by atoms with Crippen molar-refractivity contribution >= 4 is 46.1 Å². The number of methoxy groups -OCH3 is 2. The van der Waals surface area contributed by atoms with Gasteiger partial charge in [0.1, 0.15) is 23.3 Å². The summed E-state index contributed by atoms with van der Waals surface area (Å²) in [6.07, 6.45) is 0. The van der Waals surface area contributed by atoms with Crippen LogP contribution in [0, 0.1) is 6.92 Å². The third-order valence-electron chi connectivity index (χ3n) is 5.42. The van der Waals surface area contributed by atoms with Crippen molar-refractivity contribution in [3.8, 4) is 11.5 Å². The predicted octanol–water partition coefficient (Wildman–Crippen LogP) is 5.35. The fourth-order valence-electron chi connectivity index (χ4n) is 3.80. The van der Waals surface area contributed by atoms with E-state index in [0.717, 1.165) is 4.88 Å². The lowest BCUT2D eigenvalue weighted by molar-refractivity contribution is -0.132. The highest BCUT2D eigenvalue weighted by Crippen LogP contribution is 2.46. The monoisotopic (exact) mass is 469 g/mol. The zero-order valence-electron chi connectivity index (χ0n) is 17.6. The zero-order valence-corrected chi connectivity index (χ0v) is 19.2. The standard InChI is InChI=1S/C24H20ClNO5S/c1-13-16(25)6-4-7-17(13)26-21(19-8-5-11-32-19)20(23(28)24(26)29)22(27)15-12-14(30-2)9-10-18(15)31-3/h4-12,21,27H,1-3H3/b22-20-. The highest BCUT2D eigenvalue weighted by atomic mass is 35.5. The molecule has 164 valence electrons. The smallest absolute Gasteiger partial charge is 0.300 e. The number of nitrogens with zero attached hydrogens (tertiary/aromatic N) is 1. The number of aliphatic hydroxyl groups excluding tert-OH is 1. The van der Waals surface area contributed by atoms with Crippen LogP contribution in [-0.2, 0) is 9.59 Å². The molecule has 2 heterocycles. The van der Waals surface area contributed by atoms with E-state index in [2.05, 4.69) is 0 Å². The van der Waals surface area contributed by atoms with Gasteiger partial charge in [-0.25, -0.2) is 0 Å². The number of rotatable bonds is 5. The van der Waals surface area contributed by atoms with Crippen LogP contribution >= 0.6 is 22.9 Å². The Bertz CT molecular complexity index is 1240. The van der Waals surface area contributed by atoms with E-state index in [-0.39, 0.29) is 16.9 Å². The Morgan fingerprint density at radius 1 is 1.09 bits per heavy atom. The van der Waals surface area contributed by atoms with Gasteiger partial charge in [0, 0.05) is 15.6 Å². The highest BCUT2D eigenvalue weighted by Gasteiger charge is 2.48. The Hall–Kier alpha value is -3.29. The van der Waals surface area contributed by atoms with Crippen molar-refractivity contribution in [1.29, 1.82) is 0 Å². The minimum Gasteiger partial charge on any atom is -0.507 e. The van der Waals surface area contributed by atoms with Gasteiger partial charge in [-0.15, -0.1) is 11.3 Å². The molecule has 8 heteroatoms. The zero-order chi connectivity index (χ0) is 23.0. The van der Waals surface area contributed by atoms with Gasteiger partial charge in [-0.05, 0) is 54.3 Å². The number of Topliss-reactive ketones (excluding diaryl/α,β-unsaturated/α-hetero) is 1. The van der Waals surface area contributed by atoms with Crippen LogP contribution in [0.15, 0.2) is 59.5 Å². The number of ether oxygens (including phenoxy) is 2. The molecule has 1 saturated heterocycles. The molecule has 4 rings (SSSR count). The van der Waals surface area contributed by atoms with E-state index in [4.69, 9.17) is 21.1 Å². The van der Waals surface area contributed by atoms with E-state index in [1.807, 2.05) is 17.5 Å². The van der Waals surface area contributed by atoms with E-state index in [1.165, 1.54) is 30.5 Å². The van der Waals surface area contributed by atoms with Crippen LogP contribution in [0.2, 0.25) is 5.02 Å². The van der Waals surface area contributed by atoms with Gasteiger partial charge in [-0.3, -0.25) is 14.5 Å². The van der Waals surface area contributed by atoms with E-state index < -0.39 is 17.7 Å². The topological polar surface area (TPSA) is 76.1 Å². The number of hydrogen-bond acceptors (Lipinski definition) is 6. The number of thiophene rings is 1. The number of benzene rings is 2. The summed E-state index contributed by atoms with van der Waals surface area (Å²) in [7, 11) is 2.96.